The molecule has 0 aromatic carbocycles. The van der Waals surface area contributed by atoms with E-state index in [4.69, 9.17) is 0 Å². The van der Waals surface area contributed by atoms with E-state index in [0.717, 1.165) is 0 Å². The van der Waals surface area contributed by atoms with Crippen molar-refractivity contribution < 1.29 is 0 Å². The maximum Gasteiger partial charge on any atom is 3.00 e. The van der Waals surface area contributed by atoms with E-state index in [1.165, 1.54) is 0 Å². The Bertz CT molecular complexity index is 17.7. The average molecular weight is 159 g/mol. The molecule has 0 amide bonds. The molecule has 0 N–H and O–H groups in total. The minimum absolute atomic E-state index is 0. The molecule has 0 atom stereocenters. The van der Waals surface area contributed by atoms with Crippen molar-refractivity contribution in [1.82, 2.24) is 0 Å². The molecule has 0 heterocycles. The van der Waals surface area contributed by atoms with E-state index in [9.17, 15) is 0 Å². The molecule has 0 saturated carbocycles. The van der Waals surface area contributed by atoms with Crippen LogP contribution in [0.15, 0.2) is 0 Å². The molecule has 3 nitrogen and oxygen atoms in total. The second-order valence-electron chi connectivity index (χ2n) is 1.34. The summed E-state index contributed by atoms with van der Waals surface area (Å²) >= 11 is 0. The van der Waals surface area contributed by atoms with Crippen LogP contribution in [0.1, 0.15) is 0 Å². The van der Waals surface area contributed by atoms with Gasteiger partial charge in [-0.05, 0) is 0 Å². The Balaban J connectivity index is -0.0000000257. The fraction of sp³-hybridized carbons (Fsp3) is 1.00. The van der Waals surface area contributed by atoms with Crippen LogP contribution in [0, 0.1) is 0 Å². The Morgan fingerprint density at radius 1 is 0.500 bits per heavy atom. The molecule has 60 valence electrons. The monoisotopic (exact) mass is 159 g/mol. The van der Waals surface area contributed by atoms with Crippen LogP contribution >= 0.6 is 0 Å². The number of rotatable bonds is 0. The molecule has 0 saturated heterocycles. The largest absolute Gasteiger partial charge is 3.00 e. The second kappa shape index (κ2) is 57.2. The zero-order valence-corrected chi connectivity index (χ0v) is 9.07. The second-order valence-corrected chi connectivity index (χ2v) is 1.34. The maximum absolute atomic E-state index is 3.50. The molecular weight excluding hydrogens is 141 g/mol. The molecule has 0 aliphatic carbocycles. The zero-order valence-electron chi connectivity index (χ0n) is 7.92. The van der Waals surface area contributed by atoms with Gasteiger partial charge in [-0.15, -0.1) is 0 Å². The molecule has 0 spiro atoms. The fourth-order valence-electron chi connectivity index (χ4n) is 0. The van der Waals surface area contributed by atoms with E-state index in [-0.39, 0.29) is 17.4 Å². The van der Waals surface area contributed by atoms with Crippen molar-refractivity contribution in [2.75, 3.05) is 42.3 Å². The van der Waals surface area contributed by atoms with Gasteiger partial charge in [0.05, 0.1) is 0 Å². The van der Waals surface area contributed by atoms with Gasteiger partial charge in [-0.3, -0.25) is 0 Å². The third-order valence-electron chi connectivity index (χ3n) is 0. The van der Waals surface area contributed by atoms with E-state index >= 15 is 0 Å². The van der Waals surface area contributed by atoms with Crippen LogP contribution in [0.2, 0.25) is 0 Å². The first-order valence-corrected chi connectivity index (χ1v) is 2.68. The van der Waals surface area contributed by atoms with Crippen LogP contribution in [-0.2, 0) is 0 Å². The van der Waals surface area contributed by atoms with E-state index in [1.54, 1.807) is 42.3 Å². The molecule has 0 aliphatic heterocycles. The standard InChI is InChI=1S/3C2H6N.Al/c3*1-3-2;/h3*1-2H3;/q3*-1;+3. The Morgan fingerprint density at radius 3 is 0.500 bits per heavy atom. The molecular formula is C6H18AlN3. The van der Waals surface area contributed by atoms with Crippen molar-refractivity contribution in [2.24, 2.45) is 0 Å². The van der Waals surface area contributed by atoms with Gasteiger partial charge in [0, 0.05) is 0 Å². The van der Waals surface area contributed by atoms with Gasteiger partial charge in [0.25, 0.3) is 0 Å². The quantitative estimate of drug-likeness (QED) is 0.480. The van der Waals surface area contributed by atoms with E-state index in [1.807, 2.05) is 0 Å². The van der Waals surface area contributed by atoms with Crippen LogP contribution in [0.5, 0.6) is 0 Å². The van der Waals surface area contributed by atoms with E-state index in [0.29, 0.717) is 0 Å². The zero-order chi connectivity index (χ0) is 8.12. The number of hydrogen-bond donors (Lipinski definition) is 0. The first kappa shape index (κ1) is 22.4. The predicted molar refractivity (Wildman–Crippen MR) is 51.4 cm³/mol. The van der Waals surface area contributed by atoms with Gasteiger partial charge in [0.15, 0.2) is 0 Å². The summed E-state index contributed by atoms with van der Waals surface area (Å²) in [5.41, 5.74) is 0. The van der Waals surface area contributed by atoms with Crippen molar-refractivity contribution in [3.8, 4) is 0 Å². The van der Waals surface area contributed by atoms with E-state index < -0.39 is 0 Å². The number of hydrogen-bond acceptors (Lipinski definition) is 0. The molecule has 0 aliphatic rings. The summed E-state index contributed by atoms with van der Waals surface area (Å²) in [5.74, 6) is 0. The molecule has 0 rings (SSSR count). The summed E-state index contributed by atoms with van der Waals surface area (Å²) in [5, 5.41) is 10.5. The molecule has 0 radical (unpaired) electrons. The third kappa shape index (κ3) is 2720. The van der Waals surface area contributed by atoms with Crippen molar-refractivity contribution in [3.05, 3.63) is 16.0 Å². The predicted octanol–water partition coefficient (Wildman–Crippen LogP) is 1.48. The van der Waals surface area contributed by atoms with Crippen LogP contribution in [-0.4, -0.2) is 59.6 Å². The van der Waals surface area contributed by atoms with Crippen molar-refractivity contribution >= 4 is 17.4 Å². The summed E-state index contributed by atoms with van der Waals surface area (Å²) in [6.45, 7) is 0. The van der Waals surface area contributed by atoms with Crippen molar-refractivity contribution in [3.63, 3.8) is 0 Å². The molecule has 0 aromatic heterocycles. The summed E-state index contributed by atoms with van der Waals surface area (Å²) < 4.78 is 0. The minimum atomic E-state index is 0. The smallest absolute Gasteiger partial charge is 0.668 e. The van der Waals surface area contributed by atoms with Gasteiger partial charge in [0.2, 0.25) is 0 Å². The van der Waals surface area contributed by atoms with Crippen molar-refractivity contribution in [2.45, 2.75) is 0 Å². The molecule has 4 heteroatoms. The Morgan fingerprint density at radius 2 is 0.500 bits per heavy atom. The van der Waals surface area contributed by atoms with Gasteiger partial charge < -0.3 is 16.0 Å². The summed E-state index contributed by atoms with van der Waals surface area (Å²) in [6.07, 6.45) is 0. The Hall–Kier alpha value is 0.412. The minimum Gasteiger partial charge on any atom is -0.668 e. The first-order chi connectivity index (χ1) is 4.24. The SMILES string of the molecule is C[N-]C.C[N-]C.C[N-]C.[Al+3]. The summed E-state index contributed by atoms with van der Waals surface area (Å²) in [4.78, 5) is 0. The van der Waals surface area contributed by atoms with Crippen LogP contribution < -0.4 is 0 Å². The first-order valence-electron chi connectivity index (χ1n) is 2.68. The molecule has 0 bridgehead atoms. The summed E-state index contributed by atoms with van der Waals surface area (Å²) in [7, 11) is 10.5. The van der Waals surface area contributed by atoms with Crippen LogP contribution in [0.3, 0.4) is 0 Å². The molecule has 0 aromatic rings. The van der Waals surface area contributed by atoms with Crippen LogP contribution in [0.25, 0.3) is 16.0 Å². The normalized spacial score (nSPS) is 5.40. The van der Waals surface area contributed by atoms with Gasteiger partial charge >= 0.3 is 17.4 Å². The number of nitrogens with zero attached hydrogens (tertiary/aromatic N) is 3. The van der Waals surface area contributed by atoms with Gasteiger partial charge in [0.1, 0.15) is 0 Å². The third-order valence-corrected chi connectivity index (χ3v) is 0. The Kier molecular flexibility index (Phi) is 128. The topological polar surface area (TPSA) is 42.3 Å². The van der Waals surface area contributed by atoms with Gasteiger partial charge in [-0.25, -0.2) is 0 Å². The van der Waals surface area contributed by atoms with E-state index in [2.05, 4.69) is 16.0 Å². The van der Waals surface area contributed by atoms with Gasteiger partial charge in [-0.1, -0.05) is 0 Å². The molecule has 0 unspecified atom stereocenters. The van der Waals surface area contributed by atoms with Gasteiger partial charge in [-0.2, -0.15) is 42.3 Å². The maximum atomic E-state index is 3.50. The molecule has 0 fully saturated rings. The molecule has 10 heavy (non-hydrogen) atoms. The summed E-state index contributed by atoms with van der Waals surface area (Å²) in [6, 6.07) is 0. The fourth-order valence-corrected chi connectivity index (χ4v) is 0. The average Bonchev–Trinajstić information content (AvgIpc) is 1.70. The Labute approximate surface area is 76.1 Å². The van der Waals surface area contributed by atoms with Crippen LogP contribution in [0.4, 0.5) is 0 Å². The van der Waals surface area contributed by atoms with Crippen molar-refractivity contribution in [1.29, 1.82) is 0 Å².